The number of nitrogens with one attached hydrogen (secondary N) is 1. The third-order valence-corrected chi connectivity index (χ3v) is 2.27. The maximum atomic E-state index is 10.7. The van der Waals surface area contributed by atoms with E-state index in [2.05, 4.69) is 5.32 Å². The van der Waals surface area contributed by atoms with Crippen molar-refractivity contribution in [2.24, 2.45) is 11.5 Å². The molecular formula is C12H19N3O2. The second kappa shape index (κ2) is 6.88. The molecule has 0 fully saturated rings. The van der Waals surface area contributed by atoms with Gasteiger partial charge in [-0.2, -0.15) is 0 Å². The highest BCUT2D eigenvalue weighted by Gasteiger charge is 2.07. The van der Waals surface area contributed by atoms with Crippen molar-refractivity contribution in [2.75, 3.05) is 13.2 Å². The predicted molar refractivity (Wildman–Crippen MR) is 66.5 cm³/mol. The van der Waals surface area contributed by atoms with Crippen LogP contribution >= 0.6 is 0 Å². The van der Waals surface area contributed by atoms with Gasteiger partial charge in [0, 0.05) is 13.1 Å². The number of hydrogen-bond acceptors (Lipinski definition) is 4. The summed E-state index contributed by atoms with van der Waals surface area (Å²) in [5, 5.41) is 3.07. The Hall–Kier alpha value is -1.59. The topological polar surface area (TPSA) is 90.4 Å². The zero-order valence-corrected chi connectivity index (χ0v) is 9.98. The molecule has 5 heteroatoms. The standard InChI is InChI=1S/C12H19N3O2/c1-2-17-10-5-3-4-9(6-10)7-15-8-11(13)12(14)16/h3-6,11,15H,2,7-8,13H2,1H3,(H2,14,16). The number of carbonyl (C=O) groups is 1. The molecule has 0 heterocycles. The Morgan fingerprint density at radius 3 is 2.94 bits per heavy atom. The average Bonchev–Trinajstić information content (AvgIpc) is 2.29. The number of nitrogens with two attached hydrogens (primary N) is 2. The van der Waals surface area contributed by atoms with Crippen molar-refractivity contribution in [1.82, 2.24) is 5.32 Å². The Labute approximate surface area is 101 Å². The summed E-state index contributed by atoms with van der Waals surface area (Å²) < 4.78 is 5.39. The van der Waals surface area contributed by atoms with Gasteiger partial charge in [-0.15, -0.1) is 0 Å². The van der Waals surface area contributed by atoms with Gasteiger partial charge in [0.2, 0.25) is 5.91 Å². The fraction of sp³-hybridized carbons (Fsp3) is 0.417. The molecule has 17 heavy (non-hydrogen) atoms. The van der Waals surface area contributed by atoms with E-state index in [1.165, 1.54) is 0 Å². The molecular weight excluding hydrogens is 218 g/mol. The van der Waals surface area contributed by atoms with E-state index in [4.69, 9.17) is 16.2 Å². The molecule has 0 aliphatic rings. The molecule has 5 N–H and O–H groups in total. The van der Waals surface area contributed by atoms with Gasteiger partial charge in [-0.25, -0.2) is 0 Å². The van der Waals surface area contributed by atoms with E-state index in [0.29, 0.717) is 19.7 Å². The molecule has 0 aromatic heterocycles. The number of hydrogen-bond donors (Lipinski definition) is 3. The van der Waals surface area contributed by atoms with Gasteiger partial charge in [0.1, 0.15) is 5.75 Å². The SMILES string of the molecule is CCOc1cccc(CNCC(N)C(N)=O)c1. The summed E-state index contributed by atoms with van der Waals surface area (Å²) in [6.45, 7) is 3.58. The van der Waals surface area contributed by atoms with Crippen LogP contribution in [0.15, 0.2) is 24.3 Å². The first-order valence-corrected chi connectivity index (χ1v) is 5.60. The summed E-state index contributed by atoms with van der Waals surface area (Å²) in [5.74, 6) is 0.339. The fourth-order valence-electron chi connectivity index (χ4n) is 1.38. The van der Waals surface area contributed by atoms with E-state index in [0.717, 1.165) is 11.3 Å². The minimum Gasteiger partial charge on any atom is -0.494 e. The van der Waals surface area contributed by atoms with E-state index in [1.807, 2.05) is 31.2 Å². The summed E-state index contributed by atoms with van der Waals surface area (Å²) in [7, 11) is 0. The zero-order valence-electron chi connectivity index (χ0n) is 9.98. The molecule has 1 rings (SSSR count). The summed E-state index contributed by atoms with van der Waals surface area (Å²) in [4.78, 5) is 10.7. The lowest BCUT2D eigenvalue weighted by atomic mass is 10.2. The molecule has 1 amide bonds. The van der Waals surface area contributed by atoms with Gasteiger partial charge >= 0.3 is 0 Å². The van der Waals surface area contributed by atoms with Crippen LogP contribution in [0, 0.1) is 0 Å². The monoisotopic (exact) mass is 237 g/mol. The molecule has 0 radical (unpaired) electrons. The smallest absolute Gasteiger partial charge is 0.235 e. The molecule has 1 aromatic rings. The fourth-order valence-corrected chi connectivity index (χ4v) is 1.38. The van der Waals surface area contributed by atoms with E-state index >= 15 is 0 Å². The maximum absolute atomic E-state index is 10.7. The predicted octanol–water partition coefficient (Wildman–Crippen LogP) is -0.0125. The number of amides is 1. The van der Waals surface area contributed by atoms with Crippen LogP contribution in [0.4, 0.5) is 0 Å². The van der Waals surface area contributed by atoms with Gasteiger partial charge < -0.3 is 21.5 Å². The van der Waals surface area contributed by atoms with Crippen LogP contribution < -0.4 is 21.5 Å². The van der Waals surface area contributed by atoms with Gasteiger partial charge in [-0.05, 0) is 24.6 Å². The Kier molecular flexibility index (Phi) is 5.45. The minimum absolute atomic E-state index is 0.369. The molecule has 5 nitrogen and oxygen atoms in total. The van der Waals surface area contributed by atoms with Crippen LogP contribution in [-0.2, 0) is 11.3 Å². The van der Waals surface area contributed by atoms with Crippen molar-refractivity contribution >= 4 is 5.91 Å². The quantitative estimate of drug-likeness (QED) is 0.622. The first-order valence-electron chi connectivity index (χ1n) is 5.60. The lowest BCUT2D eigenvalue weighted by Gasteiger charge is -2.10. The van der Waals surface area contributed by atoms with Crippen LogP contribution in [0.5, 0.6) is 5.75 Å². The van der Waals surface area contributed by atoms with E-state index in [-0.39, 0.29) is 0 Å². The van der Waals surface area contributed by atoms with Gasteiger partial charge in [0.05, 0.1) is 12.6 Å². The number of ether oxygens (including phenoxy) is 1. The summed E-state index contributed by atoms with van der Waals surface area (Å²) in [6, 6.07) is 7.11. The molecule has 0 saturated heterocycles. The summed E-state index contributed by atoms with van der Waals surface area (Å²) in [6.07, 6.45) is 0. The van der Waals surface area contributed by atoms with Crippen LogP contribution in [0.25, 0.3) is 0 Å². The zero-order chi connectivity index (χ0) is 12.7. The Morgan fingerprint density at radius 2 is 2.29 bits per heavy atom. The highest BCUT2D eigenvalue weighted by Crippen LogP contribution is 2.12. The molecule has 1 aromatic carbocycles. The van der Waals surface area contributed by atoms with Gasteiger partial charge in [-0.3, -0.25) is 4.79 Å². The van der Waals surface area contributed by atoms with Crippen molar-refractivity contribution in [1.29, 1.82) is 0 Å². The third-order valence-electron chi connectivity index (χ3n) is 2.27. The Balaban J connectivity index is 2.41. The average molecular weight is 237 g/mol. The molecule has 0 aliphatic heterocycles. The number of primary amides is 1. The van der Waals surface area contributed by atoms with Crippen molar-refractivity contribution in [3.63, 3.8) is 0 Å². The van der Waals surface area contributed by atoms with E-state index < -0.39 is 11.9 Å². The van der Waals surface area contributed by atoms with Gasteiger partial charge in [-0.1, -0.05) is 12.1 Å². The normalized spacial score (nSPS) is 12.1. The third kappa shape index (κ3) is 4.84. The van der Waals surface area contributed by atoms with Crippen molar-refractivity contribution in [2.45, 2.75) is 19.5 Å². The lowest BCUT2D eigenvalue weighted by molar-refractivity contribution is -0.119. The summed E-state index contributed by atoms with van der Waals surface area (Å²) in [5.41, 5.74) is 11.6. The first kappa shape index (κ1) is 13.5. The van der Waals surface area contributed by atoms with Crippen molar-refractivity contribution < 1.29 is 9.53 Å². The molecule has 0 aliphatic carbocycles. The molecule has 0 bridgehead atoms. The highest BCUT2D eigenvalue weighted by molar-refractivity contribution is 5.79. The number of benzene rings is 1. The van der Waals surface area contributed by atoms with Crippen molar-refractivity contribution in [3.8, 4) is 5.75 Å². The van der Waals surface area contributed by atoms with E-state index in [9.17, 15) is 4.79 Å². The molecule has 0 spiro atoms. The molecule has 0 saturated carbocycles. The number of rotatable bonds is 7. The highest BCUT2D eigenvalue weighted by atomic mass is 16.5. The Bertz CT molecular complexity index is 369. The number of carbonyl (C=O) groups excluding carboxylic acids is 1. The minimum atomic E-state index is -0.648. The van der Waals surface area contributed by atoms with Crippen LogP contribution in [0.2, 0.25) is 0 Å². The van der Waals surface area contributed by atoms with Gasteiger partial charge in [0.15, 0.2) is 0 Å². The Morgan fingerprint density at radius 1 is 1.53 bits per heavy atom. The van der Waals surface area contributed by atoms with Crippen LogP contribution in [0.1, 0.15) is 12.5 Å². The van der Waals surface area contributed by atoms with Crippen LogP contribution in [-0.4, -0.2) is 25.1 Å². The first-order chi connectivity index (χ1) is 8.13. The van der Waals surface area contributed by atoms with Gasteiger partial charge in [0.25, 0.3) is 0 Å². The molecule has 1 atom stereocenters. The second-order valence-corrected chi connectivity index (χ2v) is 3.72. The lowest BCUT2D eigenvalue weighted by Crippen LogP contribution is -2.44. The molecule has 1 unspecified atom stereocenters. The summed E-state index contributed by atoms with van der Waals surface area (Å²) >= 11 is 0. The van der Waals surface area contributed by atoms with Crippen LogP contribution in [0.3, 0.4) is 0 Å². The van der Waals surface area contributed by atoms with Crippen molar-refractivity contribution in [3.05, 3.63) is 29.8 Å². The molecule has 94 valence electrons. The largest absolute Gasteiger partial charge is 0.494 e. The second-order valence-electron chi connectivity index (χ2n) is 3.72. The van der Waals surface area contributed by atoms with E-state index in [1.54, 1.807) is 0 Å². The maximum Gasteiger partial charge on any atom is 0.235 e.